The predicted molar refractivity (Wildman–Crippen MR) is 106 cm³/mol. The molecule has 7 nitrogen and oxygen atoms in total. The first-order chi connectivity index (χ1) is 12.2. The molecule has 0 saturated heterocycles. The molecule has 2 aromatic heterocycles. The molecule has 0 fully saturated rings. The fourth-order valence-corrected chi connectivity index (χ4v) is 2.82. The highest BCUT2D eigenvalue weighted by Crippen LogP contribution is 2.27. The molecule has 0 spiro atoms. The molecule has 0 aliphatic rings. The number of rotatable bonds is 8. The van der Waals surface area contributed by atoms with Crippen LogP contribution in [0.15, 0.2) is 12.3 Å². The number of carbonyl (C=O) groups is 1. The molecule has 0 radical (unpaired) electrons. The number of fused-ring (bicyclic) bond motifs is 1. The minimum Gasteiger partial charge on any atom is -0.368 e. The average Bonchev–Trinajstić information content (AvgIpc) is 2.57. The van der Waals surface area contributed by atoms with E-state index in [9.17, 15) is 4.79 Å². The molecule has 0 aromatic carbocycles. The molecule has 7 heteroatoms. The van der Waals surface area contributed by atoms with Crippen molar-refractivity contribution < 1.29 is 4.79 Å². The summed E-state index contributed by atoms with van der Waals surface area (Å²) in [5.41, 5.74) is 8.10. The Morgan fingerprint density at radius 2 is 2.08 bits per heavy atom. The summed E-state index contributed by atoms with van der Waals surface area (Å²) in [5, 5.41) is 6.38. The van der Waals surface area contributed by atoms with Crippen molar-refractivity contribution in [3.05, 3.63) is 17.8 Å². The van der Waals surface area contributed by atoms with Gasteiger partial charge in [0.2, 0.25) is 11.9 Å². The lowest BCUT2D eigenvalue weighted by Crippen LogP contribution is -2.46. The summed E-state index contributed by atoms with van der Waals surface area (Å²) in [5.74, 6) is 1.11. The van der Waals surface area contributed by atoms with Crippen molar-refractivity contribution >= 4 is 28.7 Å². The molecule has 2 heterocycles. The second kappa shape index (κ2) is 8.29. The molecule has 0 aliphatic heterocycles. The summed E-state index contributed by atoms with van der Waals surface area (Å²) in [4.78, 5) is 24.7. The third-order valence-corrected chi connectivity index (χ3v) is 4.47. The first kappa shape index (κ1) is 19.9. The van der Waals surface area contributed by atoms with Crippen LogP contribution in [0, 0.1) is 0 Å². The monoisotopic (exact) mass is 358 g/mol. The van der Waals surface area contributed by atoms with Gasteiger partial charge in [0.25, 0.3) is 0 Å². The second-order valence-corrected chi connectivity index (χ2v) is 7.42. The number of nitrogens with two attached hydrogens (primary N) is 1. The zero-order valence-electron chi connectivity index (χ0n) is 16.4. The minimum absolute atomic E-state index is 0.0544. The van der Waals surface area contributed by atoms with Crippen molar-refractivity contribution in [2.24, 2.45) is 0 Å². The van der Waals surface area contributed by atoms with Crippen molar-refractivity contribution in [3.63, 3.8) is 0 Å². The van der Waals surface area contributed by atoms with E-state index in [-0.39, 0.29) is 17.4 Å². The van der Waals surface area contributed by atoms with E-state index in [1.54, 1.807) is 0 Å². The molecule has 0 aliphatic carbocycles. The fourth-order valence-electron chi connectivity index (χ4n) is 2.82. The lowest BCUT2D eigenvalue weighted by Gasteiger charge is -2.32. The Morgan fingerprint density at radius 1 is 1.35 bits per heavy atom. The molecule has 2 rings (SSSR count). The number of hydrogen-bond donors (Lipinski definition) is 3. The average molecular weight is 358 g/mol. The van der Waals surface area contributed by atoms with Crippen LogP contribution in [-0.4, -0.2) is 32.9 Å². The van der Waals surface area contributed by atoms with Crippen LogP contribution < -0.4 is 16.4 Å². The van der Waals surface area contributed by atoms with Gasteiger partial charge in [0.05, 0.1) is 11.1 Å². The number of anilines is 2. The number of unbranched alkanes of at least 4 members (excludes halogenated alkanes) is 1. The molecule has 4 N–H and O–H groups in total. The van der Waals surface area contributed by atoms with Crippen LogP contribution in [0.1, 0.15) is 65.4 Å². The van der Waals surface area contributed by atoms with E-state index in [2.05, 4.69) is 53.3 Å². The van der Waals surface area contributed by atoms with E-state index in [1.807, 2.05) is 12.3 Å². The lowest BCUT2D eigenvalue weighted by atomic mass is 9.94. The maximum atomic E-state index is 11.4. The first-order valence-corrected chi connectivity index (χ1v) is 9.20. The smallest absolute Gasteiger partial charge is 0.222 e. The molecule has 0 unspecified atom stereocenters. The van der Waals surface area contributed by atoms with Crippen LogP contribution in [0.5, 0.6) is 0 Å². The van der Waals surface area contributed by atoms with Crippen molar-refractivity contribution in [2.75, 3.05) is 17.6 Å². The van der Waals surface area contributed by atoms with Gasteiger partial charge in [-0.3, -0.25) is 9.78 Å². The maximum Gasteiger partial charge on any atom is 0.222 e. The molecule has 1 amide bonds. The van der Waals surface area contributed by atoms with Gasteiger partial charge in [0.1, 0.15) is 5.52 Å². The maximum absolute atomic E-state index is 11.4. The number of amides is 1. The van der Waals surface area contributed by atoms with E-state index in [0.717, 1.165) is 30.3 Å². The number of hydrogen-bond acceptors (Lipinski definition) is 6. The second-order valence-electron chi connectivity index (χ2n) is 7.42. The number of pyridine rings is 1. The number of nitrogen functional groups attached to an aromatic ring is 1. The molecular weight excluding hydrogens is 328 g/mol. The summed E-state index contributed by atoms with van der Waals surface area (Å²) in [6.07, 6.45) is 4.85. The highest BCUT2D eigenvalue weighted by Gasteiger charge is 2.26. The van der Waals surface area contributed by atoms with Crippen molar-refractivity contribution in [3.8, 4) is 0 Å². The Hall–Kier alpha value is -2.44. The van der Waals surface area contributed by atoms with Gasteiger partial charge in [-0.05, 0) is 30.9 Å². The van der Waals surface area contributed by atoms with E-state index in [1.165, 1.54) is 6.92 Å². The van der Waals surface area contributed by atoms with E-state index in [0.29, 0.717) is 23.8 Å². The Kier molecular flexibility index (Phi) is 6.34. The third-order valence-electron chi connectivity index (χ3n) is 4.47. The number of nitrogens with one attached hydrogen (secondary N) is 2. The predicted octanol–water partition coefficient (Wildman–Crippen LogP) is 3.23. The fraction of sp³-hybridized carbons (Fsp3) is 0.579. The van der Waals surface area contributed by atoms with Gasteiger partial charge in [-0.2, -0.15) is 4.98 Å². The standard InChI is InChI=1S/C19H30N6O/c1-6-7-8-19(5,11-22-13(4)26)25-17-16-15(23-18(20)24-17)9-14(10-21-16)12(2)3/h9-10,12H,6-8,11H2,1-5H3,(H,22,26)(H3,20,23,24,25)/t19-/m1/s1. The number of aromatic nitrogens is 3. The van der Waals surface area contributed by atoms with Gasteiger partial charge < -0.3 is 16.4 Å². The van der Waals surface area contributed by atoms with Gasteiger partial charge in [-0.25, -0.2) is 4.98 Å². The van der Waals surface area contributed by atoms with Crippen molar-refractivity contribution in [1.29, 1.82) is 0 Å². The minimum atomic E-state index is -0.353. The van der Waals surface area contributed by atoms with E-state index >= 15 is 0 Å². The zero-order chi connectivity index (χ0) is 19.3. The van der Waals surface area contributed by atoms with Crippen LogP contribution >= 0.6 is 0 Å². The highest BCUT2D eigenvalue weighted by molar-refractivity contribution is 5.86. The van der Waals surface area contributed by atoms with Gasteiger partial charge >= 0.3 is 0 Å². The summed E-state index contributed by atoms with van der Waals surface area (Å²) in [7, 11) is 0. The molecule has 142 valence electrons. The highest BCUT2D eigenvalue weighted by atomic mass is 16.1. The quantitative estimate of drug-likeness (QED) is 0.669. The molecule has 0 saturated carbocycles. The van der Waals surface area contributed by atoms with Gasteiger partial charge in [-0.1, -0.05) is 33.6 Å². The largest absolute Gasteiger partial charge is 0.368 e. The normalized spacial score (nSPS) is 13.6. The summed E-state index contributed by atoms with van der Waals surface area (Å²) in [6.45, 7) is 10.5. The Bertz CT molecular complexity index is 776. The first-order valence-electron chi connectivity index (χ1n) is 9.20. The summed E-state index contributed by atoms with van der Waals surface area (Å²) >= 11 is 0. The van der Waals surface area contributed by atoms with Crippen LogP contribution in [0.2, 0.25) is 0 Å². The third kappa shape index (κ3) is 5.03. The zero-order valence-corrected chi connectivity index (χ0v) is 16.4. The van der Waals surface area contributed by atoms with Crippen LogP contribution in [0.4, 0.5) is 11.8 Å². The Morgan fingerprint density at radius 3 is 2.69 bits per heavy atom. The van der Waals surface area contributed by atoms with Crippen LogP contribution in [0.3, 0.4) is 0 Å². The summed E-state index contributed by atoms with van der Waals surface area (Å²) in [6, 6.07) is 2.01. The number of nitrogens with zero attached hydrogens (tertiary/aromatic N) is 3. The van der Waals surface area contributed by atoms with Gasteiger partial charge in [0.15, 0.2) is 5.82 Å². The number of carbonyl (C=O) groups excluding carboxylic acids is 1. The SMILES string of the molecule is CCCC[C@](C)(CNC(C)=O)Nc1nc(N)nc2cc(C(C)C)cnc12. The molecule has 2 aromatic rings. The topological polar surface area (TPSA) is 106 Å². The molecular formula is C19H30N6O. The van der Waals surface area contributed by atoms with E-state index < -0.39 is 0 Å². The Balaban J connectivity index is 2.40. The van der Waals surface area contributed by atoms with Crippen LogP contribution in [-0.2, 0) is 4.79 Å². The Labute approximate surface area is 155 Å². The summed E-state index contributed by atoms with van der Waals surface area (Å²) < 4.78 is 0. The molecule has 0 bridgehead atoms. The van der Waals surface area contributed by atoms with Crippen molar-refractivity contribution in [2.45, 2.75) is 65.3 Å². The van der Waals surface area contributed by atoms with Gasteiger partial charge in [-0.15, -0.1) is 0 Å². The molecule has 1 atom stereocenters. The lowest BCUT2D eigenvalue weighted by molar-refractivity contribution is -0.119. The van der Waals surface area contributed by atoms with E-state index in [4.69, 9.17) is 5.73 Å². The van der Waals surface area contributed by atoms with Gasteiger partial charge in [0, 0.05) is 19.7 Å². The van der Waals surface area contributed by atoms with Crippen molar-refractivity contribution in [1.82, 2.24) is 20.3 Å². The molecule has 26 heavy (non-hydrogen) atoms. The van der Waals surface area contributed by atoms with Crippen LogP contribution in [0.25, 0.3) is 11.0 Å².